The molecule has 1 fully saturated rings. The van der Waals surface area contributed by atoms with Gasteiger partial charge in [0.25, 0.3) is 0 Å². The van der Waals surface area contributed by atoms with Crippen LogP contribution in [-0.2, 0) is 12.0 Å². The number of nitro groups is 1. The third-order valence-corrected chi connectivity index (χ3v) is 4.84. The Bertz CT molecular complexity index is 880. The lowest BCUT2D eigenvalue weighted by molar-refractivity contribution is -0.386. The van der Waals surface area contributed by atoms with E-state index in [9.17, 15) is 14.5 Å². The summed E-state index contributed by atoms with van der Waals surface area (Å²) in [4.78, 5) is 19.2. The molecule has 158 valence electrons. The number of nitro benzene ring substituents is 1. The molecule has 1 aliphatic rings. The molecule has 0 spiro atoms. The number of anilines is 1. The summed E-state index contributed by atoms with van der Waals surface area (Å²) < 4.78 is 24.7. The smallest absolute Gasteiger partial charge is 0.328 e. The first-order valence-corrected chi connectivity index (χ1v) is 9.51. The van der Waals surface area contributed by atoms with E-state index in [4.69, 9.17) is 9.26 Å². The Morgan fingerprint density at radius 1 is 1.28 bits per heavy atom. The highest BCUT2D eigenvalue weighted by molar-refractivity contribution is 5.66. The third-order valence-electron chi connectivity index (χ3n) is 4.84. The summed E-state index contributed by atoms with van der Waals surface area (Å²) in [6.07, 6.45) is 0.764. The lowest BCUT2D eigenvalue weighted by atomic mass is 9.97. The van der Waals surface area contributed by atoms with Gasteiger partial charge in [0.2, 0.25) is 11.7 Å². The Balaban J connectivity index is 1.74. The van der Waals surface area contributed by atoms with Crippen LogP contribution in [0.5, 0.6) is 5.75 Å². The number of rotatable bonds is 5. The van der Waals surface area contributed by atoms with Gasteiger partial charge in [0.15, 0.2) is 5.82 Å². The van der Waals surface area contributed by atoms with Crippen molar-refractivity contribution in [2.45, 2.75) is 39.2 Å². The Morgan fingerprint density at radius 2 is 2.03 bits per heavy atom. The second-order valence-electron chi connectivity index (χ2n) is 8.12. The van der Waals surface area contributed by atoms with Crippen LogP contribution in [-0.4, -0.2) is 53.3 Å². The van der Waals surface area contributed by atoms with E-state index in [0.717, 1.165) is 19.0 Å². The second kappa shape index (κ2) is 8.32. The number of hydrogen-bond donors (Lipinski definition) is 0. The highest BCUT2D eigenvalue weighted by atomic mass is 19.1. The minimum Gasteiger partial charge on any atom is -0.497 e. The van der Waals surface area contributed by atoms with Gasteiger partial charge in [0.05, 0.1) is 18.6 Å². The summed E-state index contributed by atoms with van der Waals surface area (Å²) in [5.41, 5.74) is -0.494. The van der Waals surface area contributed by atoms with Gasteiger partial charge in [-0.1, -0.05) is 25.9 Å². The Labute approximate surface area is 168 Å². The summed E-state index contributed by atoms with van der Waals surface area (Å²) in [6, 6.07) is 2.56. The summed E-state index contributed by atoms with van der Waals surface area (Å²) in [6.45, 7) is 9.05. The lowest BCUT2D eigenvalue weighted by Gasteiger charge is -2.23. The fourth-order valence-corrected chi connectivity index (χ4v) is 3.29. The SMILES string of the molecule is COc1cc(F)c([N+](=O)[O-])c(N2CCCN(Cc3noc(C(C)(C)C)n3)CC2)c1. The molecule has 10 heteroatoms. The molecule has 2 heterocycles. The number of aromatic nitrogens is 2. The fraction of sp³-hybridized carbons (Fsp3) is 0.579. The molecule has 2 aromatic rings. The first kappa shape index (κ1) is 21.0. The van der Waals surface area contributed by atoms with Crippen molar-refractivity contribution >= 4 is 11.4 Å². The van der Waals surface area contributed by atoms with Crippen LogP contribution in [0.4, 0.5) is 15.8 Å². The molecule has 0 aliphatic carbocycles. The van der Waals surface area contributed by atoms with Gasteiger partial charge >= 0.3 is 5.69 Å². The predicted octanol–water partition coefficient (Wildman–Crippen LogP) is 3.14. The molecule has 0 atom stereocenters. The van der Waals surface area contributed by atoms with E-state index in [-0.39, 0.29) is 16.9 Å². The van der Waals surface area contributed by atoms with Gasteiger partial charge in [-0.05, 0) is 6.42 Å². The van der Waals surface area contributed by atoms with E-state index in [1.165, 1.54) is 13.2 Å². The summed E-state index contributed by atoms with van der Waals surface area (Å²) in [5, 5.41) is 15.5. The number of benzene rings is 1. The second-order valence-corrected chi connectivity index (χ2v) is 8.12. The minimum atomic E-state index is -0.896. The molecule has 0 unspecified atom stereocenters. The normalized spacial score (nSPS) is 16.0. The molecule has 0 amide bonds. The van der Waals surface area contributed by atoms with Gasteiger partial charge in [-0.2, -0.15) is 9.37 Å². The van der Waals surface area contributed by atoms with Crippen molar-refractivity contribution in [1.29, 1.82) is 0 Å². The topological polar surface area (TPSA) is 97.8 Å². The average molecular weight is 407 g/mol. The van der Waals surface area contributed by atoms with Gasteiger partial charge < -0.3 is 14.2 Å². The third kappa shape index (κ3) is 4.81. The van der Waals surface area contributed by atoms with E-state index in [1.807, 2.05) is 25.7 Å². The molecule has 1 saturated heterocycles. The van der Waals surface area contributed by atoms with Gasteiger partial charge in [-0.15, -0.1) is 0 Å². The molecule has 29 heavy (non-hydrogen) atoms. The van der Waals surface area contributed by atoms with Crippen LogP contribution >= 0.6 is 0 Å². The zero-order valence-corrected chi connectivity index (χ0v) is 17.1. The molecule has 1 aromatic carbocycles. The van der Waals surface area contributed by atoms with Gasteiger partial charge in [0.1, 0.15) is 11.4 Å². The summed E-state index contributed by atoms with van der Waals surface area (Å²) >= 11 is 0. The molecule has 0 radical (unpaired) electrons. The number of methoxy groups -OCH3 is 1. The van der Waals surface area contributed by atoms with Crippen LogP contribution in [0, 0.1) is 15.9 Å². The highest BCUT2D eigenvalue weighted by Crippen LogP contribution is 2.35. The number of nitrogens with zero attached hydrogens (tertiary/aromatic N) is 5. The van der Waals surface area contributed by atoms with Crippen LogP contribution in [0.2, 0.25) is 0 Å². The van der Waals surface area contributed by atoms with Gasteiger partial charge in [0, 0.05) is 43.7 Å². The number of ether oxygens (including phenoxy) is 1. The first-order valence-electron chi connectivity index (χ1n) is 9.51. The van der Waals surface area contributed by atoms with Crippen LogP contribution in [0.25, 0.3) is 0 Å². The average Bonchev–Trinajstić information content (AvgIpc) is 3.00. The maximum absolute atomic E-state index is 14.3. The lowest BCUT2D eigenvalue weighted by Crippen LogP contribution is -2.31. The maximum atomic E-state index is 14.3. The van der Waals surface area contributed by atoms with Crippen molar-refractivity contribution in [3.63, 3.8) is 0 Å². The Morgan fingerprint density at radius 3 is 2.66 bits per heavy atom. The van der Waals surface area contributed by atoms with Crippen LogP contribution in [0.3, 0.4) is 0 Å². The Hall–Kier alpha value is -2.75. The summed E-state index contributed by atoms with van der Waals surface area (Å²) in [5.74, 6) is 0.561. The molecular formula is C19H26FN5O4. The van der Waals surface area contributed by atoms with Gasteiger partial charge in [-0.3, -0.25) is 15.0 Å². The quantitative estimate of drug-likeness (QED) is 0.551. The van der Waals surface area contributed by atoms with Crippen LogP contribution in [0.1, 0.15) is 38.9 Å². The molecule has 9 nitrogen and oxygen atoms in total. The van der Waals surface area contributed by atoms with E-state index < -0.39 is 16.4 Å². The molecule has 0 saturated carbocycles. The monoisotopic (exact) mass is 407 g/mol. The van der Waals surface area contributed by atoms with Crippen molar-refractivity contribution in [1.82, 2.24) is 15.0 Å². The highest BCUT2D eigenvalue weighted by Gasteiger charge is 2.28. The van der Waals surface area contributed by atoms with Crippen LogP contribution in [0.15, 0.2) is 16.7 Å². The molecule has 1 aliphatic heterocycles. The largest absolute Gasteiger partial charge is 0.497 e. The summed E-state index contributed by atoms with van der Waals surface area (Å²) in [7, 11) is 1.41. The molecule has 3 rings (SSSR count). The van der Waals surface area contributed by atoms with E-state index in [0.29, 0.717) is 37.9 Å². The minimum absolute atomic E-state index is 0.212. The van der Waals surface area contributed by atoms with E-state index >= 15 is 0 Å². The predicted molar refractivity (Wildman–Crippen MR) is 105 cm³/mol. The van der Waals surface area contributed by atoms with E-state index in [1.54, 1.807) is 0 Å². The maximum Gasteiger partial charge on any atom is 0.328 e. The van der Waals surface area contributed by atoms with Gasteiger partial charge in [-0.25, -0.2) is 0 Å². The molecular weight excluding hydrogens is 381 g/mol. The number of hydrogen-bond acceptors (Lipinski definition) is 8. The fourth-order valence-electron chi connectivity index (χ4n) is 3.29. The molecule has 0 bridgehead atoms. The van der Waals surface area contributed by atoms with E-state index in [2.05, 4.69) is 15.0 Å². The zero-order chi connectivity index (χ0) is 21.2. The standard InChI is InChI=1S/C19H26FN5O4/c1-19(2,3)18-21-16(22-29-18)12-23-6-5-7-24(9-8-23)15-11-13(28-4)10-14(20)17(15)25(26)27/h10-11H,5-9,12H2,1-4H3. The van der Waals surface area contributed by atoms with Crippen molar-refractivity contribution in [2.75, 3.05) is 38.2 Å². The Kier molecular flexibility index (Phi) is 6.02. The van der Waals surface area contributed by atoms with Crippen molar-refractivity contribution in [3.8, 4) is 5.75 Å². The zero-order valence-electron chi connectivity index (χ0n) is 17.1. The van der Waals surface area contributed by atoms with Crippen molar-refractivity contribution in [3.05, 3.63) is 39.8 Å². The van der Waals surface area contributed by atoms with Crippen molar-refractivity contribution < 1.29 is 18.6 Å². The number of halogens is 1. The molecule has 1 aromatic heterocycles. The van der Waals surface area contributed by atoms with Crippen molar-refractivity contribution in [2.24, 2.45) is 0 Å². The molecule has 0 N–H and O–H groups in total. The van der Waals surface area contributed by atoms with Crippen LogP contribution < -0.4 is 9.64 Å². The first-order chi connectivity index (χ1) is 13.7.